The van der Waals surface area contributed by atoms with Crippen LogP contribution in [0.2, 0.25) is 0 Å². The third-order valence-corrected chi connectivity index (χ3v) is 5.95. The lowest BCUT2D eigenvalue weighted by Crippen LogP contribution is -2.51. The number of hydrogen-bond donors (Lipinski definition) is 2. The van der Waals surface area contributed by atoms with Gasteiger partial charge in [-0.05, 0) is 38.3 Å². The maximum Gasteiger partial charge on any atom is 0.315 e. The Kier molecular flexibility index (Phi) is 6.01. The number of rotatable bonds is 5. The molecule has 2 aliphatic heterocycles. The number of nitrogens with zero attached hydrogens (tertiary/aromatic N) is 1. The number of amides is 2. The molecule has 2 saturated heterocycles. The van der Waals surface area contributed by atoms with Crippen molar-refractivity contribution in [3.05, 3.63) is 23.5 Å². The number of pyridine rings is 1. The molecule has 2 amide bonds. The number of carbonyl (C=O) groups excluding carboxylic acids is 1. The number of urea groups is 1. The van der Waals surface area contributed by atoms with Crippen LogP contribution in [-0.2, 0) is 15.9 Å². The van der Waals surface area contributed by atoms with Crippen molar-refractivity contribution in [3.8, 4) is 5.75 Å². The van der Waals surface area contributed by atoms with Gasteiger partial charge in [0.05, 0.1) is 24.9 Å². The van der Waals surface area contributed by atoms with Crippen LogP contribution in [0.3, 0.4) is 0 Å². The zero-order chi connectivity index (χ0) is 19.5. The molecule has 2 N–H and O–H groups in total. The highest BCUT2D eigenvalue weighted by Gasteiger charge is 2.49. The van der Waals surface area contributed by atoms with Crippen molar-refractivity contribution in [1.29, 1.82) is 0 Å². The largest absolute Gasteiger partial charge is 0.483 e. The highest BCUT2D eigenvalue weighted by Crippen LogP contribution is 2.31. The van der Waals surface area contributed by atoms with Crippen LogP contribution in [0, 0.1) is 6.92 Å². The Balaban J connectivity index is 1.32. The summed E-state index contributed by atoms with van der Waals surface area (Å²) in [5, 5.41) is 6.14. The van der Waals surface area contributed by atoms with E-state index in [2.05, 4.69) is 22.5 Å². The number of aromatic nitrogens is 1. The van der Waals surface area contributed by atoms with Gasteiger partial charge in [0.25, 0.3) is 0 Å². The fourth-order valence-electron chi connectivity index (χ4n) is 4.45. The van der Waals surface area contributed by atoms with Crippen molar-refractivity contribution in [2.24, 2.45) is 0 Å². The molecule has 3 fully saturated rings. The second-order valence-corrected chi connectivity index (χ2v) is 8.06. The van der Waals surface area contributed by atoms with Gasteiger partial charge in [-0.1, -0.05) is 26.2 Å². The Morgan fingerprint density at radius 3 is 2.71 bits per heavy atom. The van der Waals surface area contributed by atoms with Crippen LogP contribution in [0.4, 0.5) is 4.79 Å². The molecule has 0 radical (unpaired) electrons. The molecule has 1 aromatic heterocycles. The topological polar surface area (TPSA) is 81.7 Å². The maximum absolute atomic E-state index is 12.4. The number of fused-ring (bicyclic) bond motifs is 1. The summed E-state index contributed by atoms with van der Waals surface area (Å²) in [5.41, 5.74) is 1.93. The summed E-state index contributed by atoms with van der Waals surface area (Å²) in [6, 6.07) is 3.94. The minimum atomic E-state index is -0.187. The van der Waals surface area contributed by atoms with Gasteiger partial charge in [-0.3, -0.25) is 4.98 Å². The number of hydrogen-bond acceptors (Lipinski definition) is 5. The first kappa shape index (κ1) is 19.5. The smallest absolute Gasteiger partial charge is 0.315 e. The van der Waals surface area contributed by atoms with E-state index in [1.54, 1.807) is 0 Å². The second-order valence-electron chi connectivity index (χ2n) is 8.06. The molecule has 1 aliphatic carbocycles. The predicted octanol–water partition coefficient (Wildman–Crippen LogP) is 2.50. The van der Waals surface area contributed by atoms with Crippen LogP contribution in [0.15, 0.2) is 12.1 Å². The highest BCUT2D eigenvalue weighted by atomic mass is 16.6. The molecule has 3 heterocycles. The van der Waals surface area contributed by atoms with Gasteiger partial charge >= 0.3 is 6.03 Å². The molecule has 4 atom stereocenters. The van der Waals surface area contributed by atoms with Crippen LogP contribution >= 0.6 is 0 Å². The van der Waals surface area contributed by atoms with Gasteiger partial charge in [0.1, 0.15) is 18.0 Å². The van der Waals surface area contributed by atoms with Crippen molar-refractivity contribution in [2.75, 3.05) is 13.2 Å². The number of ether oxygens (including phenoxy) is 3. The summed E-state index contributed by atoms with van der Waals surface area (Å²) in [4.78, 5) is 16.9. The summed E-state index contributed by atoms with van der Waals surface area (Å²) < 4.78 is 18.1. The maximum atomic E-state index is 12.4. The zero-order valence-corrected chi connectivity index (χ0v) is 16.8. The number of carbonyl (C=O) groups is 1. The summed E-state index contributed by atoms with van der Waals surface area (Å²) in [7, 11) is 0. The van der Waals surface area contributed by atoms with Crippen molar-refractivity contribution in [1.82, 2.24) is 15.6 Å². The van der Waals surface area contributed by atoms with E-state index in [-0.39, 0.29) is 36.4 Å². The third kappa shape index (κ3) is 4.25. The van der Waals surface area contributed by atoms with Crippen LogP contribution in [-0.4, -0.2) is 54.6 Å². The van der Waals surface area contributed by atoms with E-state index in [0.29, 0.717) is 13.2 Å². The monoisotopic (exact) mass is 389 g/mol. The molecule has 1 saturated carbocycles. The first-order chi connectivity index (χ1) is 13.6. The predicted molar refractivity (Wildman–Crippen MR) is 105 cm³/mol. The Labute approximate surface area is 166 Å². The zero-order valence-electron chi connectivity index (χ0n) is 16.8. The summed E-state index contributed by atoms with van der Waals surface area (Å²) in [6.07, 6.45) is 6.06. The summed E-state index contributed by atoms with van der Waals surface area (Å²) in [6.45, 7) is 4.95. The Morgan fingerprint density at radius 2 is 1.93 bits per heavy atom. The van der Waals surface area contributed by atoms with Gasteiger partial charge < -0.3 is 24.8 Å². The van der Waals surface area contributed by atoms with E-state index < -0.39 is 0 Å². The molecule has 7 nitrogen and oxygen atoms in total. The minimum Gasteiger partial charge on any atom is -0.483 e. The van der Waals surface area contributed by atoms with E-state index >= 15 is 0 Å². The van der Waals surface area contributed by atoms with E-state index in [1.807, 2.05) is 19.1 Å². The molecule has 0 spiro atoms. The lowest BCUT2D eigenvalue weighted by Gasteiger charge is -2.24. The highest BCUT2D eigenvalue weighted by molar-refractivity contribution is 5.74. The van der Waals surface area contributed by atoms with Crippen molar-refractivity contribution >= 4 is 6.03 Å². The lowest BCUT2D eigenvalue weighted by atomic mass is 9.96. The molecule has 7 heteroatoms. The molecule has 28 heavy (non-hydrogen) atoms. The number of nitrogens with one attached hydrogen (secondary N) is 2. The van der Waals surface area contributed by atoms with Gasteiger partial charge in [0.15, 0.2) is 6.10 Å². The molecular formula is C21H31N3O4. The summed E-state index contributed by atoms with van der Waals surface area (Å²) in [5.74, 6) is 0.789. The quantitative estimate of drug-likeness (QED) is 0.809. The van der Waals surface area contributed by atoms with Gasteiger partial charge in [0.2, 0.25) is 0 Å². The molecular weight excluding hydrogens is 358 g/mol. The van der Waals surface area contributed by atoms with Crippen molar-refractivity contribution in [2.45, 2.75) is 82.8 Å². The Bertz CT molecular complexity index is 692. The normalized spacial score (nSPS) is 30.1. The molecule has 4 rings (SSSR count). The second kappa shape index (κ2) is 8.66. The molecule has 3 aliphatic rings. The summed E-state index contributed by atoms with van der Waals surface area (Å²) >= 11 is 0. The molecule has 154 valence electrons. The van der Waals surface area contributed by atoms with E-state index in [4.69, 9.17) is 14.2 Å². The van der Waals surface area contributed by atoms with Gasteiger partial charge in [-0.15, -0.1) is 0 Å². The minimum absolute atomic E-state index is 0.120. The lowest BCUT2D eigenvalue weighted by molar-refractivity contribution is 0.0298. The van der Waals surface area contributed by atoms with Gasteiger partial charge in [0, 0.05) is 11.7 Å². The van der Waals surface area contributed by atoms with Crippen molar-refractivity contribution < 1.29 is 19.0 Å². The van der Waals surface area contributed by atoms with Gasteiger partial charge in [-0.25, -0.2) is 4.79 Å². The molecule has 0 bridgehead atoms. The molecule has 1 aromatic rings. The van der Waals surface area contributed by atoms with E-state index in [1.165, 1.54) is 19.3 Å². The van der Waals surface area contributed by atoms with Crippen LogP contribution in [0.25, 0.3) is 0 Å². The Morgan fingerprint density at radius 1 is 1.14 bits per heavy atom. The average molecular weight is 389 g/mol. The van der Waals surface area contributed by atoms with Crippen LogP contribution < -0.4 is 15.4 Å². The van der Waals surface area contributed by atoms with Crippen LogP contribution in [0.1, 0.15) is 50.4 Å². The number of aryl methyl sites for hydroxylation is 2. The average Bonchev–Trinajstić information content (AvgIpc) is 3.27. The fourth-order valence-corrected chi connectivity index (χ4v) is 4.45. The van der Waals surface area contributed by atoms with E-state index in [9.17, 15) is 4.79 Å². The fraction of sp³-hybridized carbons (Fsp3) is 0.714. The van der Waals surface area contributed by atoms with E-state index in [0.717, 1.165) is 36.4 Å². The Hall–Kier alpha value is -1.86. The standard InChI is InChI=1S/C21H31N3O4/c1-3-15-17(10-9-13(2)22-15)28-18-12-27-19-16(11-26-20(18)19)24-21(25)23-14-7-5-4-6-8-14/h9-10,14,16,18-20H,3-8,11-12H2,1-2H3,(H2,23,24,25)/t16-,18-,19+,20+/m0/s1. The van der Waals surface area contributed by atoms with Crippen LogP contribution in [0.5, 0.6) is 5.75 Å². The molecule has 0 unspecified atom stereocenters. The first-order valence-corrected chi connectivity index (χ1v) is 10.6. The SMILES string of the molecule is CCc1nc(C)ccc1O[C@H]1CO[C@H]2[C@@H]1OC[C@@H]2NC(=O)NC1CCCCC1. The van der Waals surface area contributed by atoms with Crippen molar-refractivity contribution in [3.63, 3.8) is 0 Å². The van der Waals surface area contributed by atoms with Gasteiger partial charge in [-0.2, -0.15) is 0 Å². The first-order valence-electron chi connectivity index (χ1n) is 10.6. The molecule has 0 aromatic carbocycles. The third-order valence-electron chi connectivity index (χ3n) is 5.95.